The summed E-state index contributed by atoms with van der Waals surface area (Å²) in [5.74, 6) is -0.555. The van der Waals surface area contributed by atoms with Crippen molar-refractivity contribution in [2.45, 2.75) is 33.7 Å². The third-order valence-corrected chi connectivity index (χ3v) is 5.50. The number of allylic oxidation sites excluding steroid dienone is 1. The van der Waals surface area contributed by atoms with Crippen molar-refractivity contribution >= 4 is 34.3 Å². The number of carboxylic acid groups (broad SMARTS) is 1. The molecule has 0 saturated carbocycles. The van der Waals surface area contributed by atoms with E-state index >= 15 is 0 Å². The Balaban J connectivity index is 1.99. The molecule has 1 N–H and O–H groups in total. The monoisotopic (exact) mass is 441 g/mol. The van der Waals surface area contributed by atoms with Gasteiger partial charge in [0.25, 0.3) is 0 Å². The summed E-state index contributed by atoms with van der Waals surface area (Å²) in [6.07, 6.45) is 3.61. The van der Waals surface area contributed by atoms with Crippen molar-refractivity contribution in [1.29, 1.82) is 0 Å². The summed E-state index contributed by atoms with van der Waals surface area (Å²) in [6, 6.07) is 5.44. The first-order valence-corrected chi connectivity index (χ1v) is 10.1. The van der Waals surface area contributed by atoms with Crippen molar-refractivity contribution in [3.05, 3.63) is 52.8 Å². The Hall–Kier alpha value is -3.26. The van der Waals surface area contributed by atoms with Crippen LogP contribution in [0.2, 0.25) is 0 Å². The van der Waals surface area contributed by atoms with E-state index in [-0.39, 0.29) is 24.4 Å². The molecule has 31 heavy (non-hydrogen) atoms. The van der Waals surface area contributed by atoms with Crippen LogP contribution in [0.4, 0.5) is 0 Å². The predicted molar refractivity (Wildman–Crippen MR) is 119 cm³/mol. The van der Waals surface area contributed by atoms with Crippen molar-refractivity contribution in [3.8, 4) is 11.1 Å². The van der Waals surface area contributed by atoms with Crippen LogP contribution in [0.25, 0.3) is 22.0 Å². The van der Waals surface area contributed by atoms with E-state index in [0.29, 0.717) is 28.4 Å². The van der Waals surface area contributed by atoms with Crippen LogP contribution in [0, 0.1) is 6.92 Å². The van der Waals surface area contributed by atoms with Crippen LogP contribution < -0.4 is 0 Å². The molecule has 0 saturated heterocycles. The molecule has 2 aromatic heterocycles. The molecule has 0 spiro atoms. The lowest BCUT2D eigenvalue weighted by Gasteiger charge is -2.18. The molecule has 2 heterocycles. The fourth-order valence-corrected chi connectivity index (χ4v) is 3.31. The van der Waals surface area contributed by atoms with Crippen molar-refractivity contribution < 1.29 is 14.7 Å². The van der Waals surface area contributed by atoms with E-state index in [9.17, 15) is 14.7 Å². The number of Topliss-reactive ketones (excluding diaryl/α,β-unsaturated/α-hetero) is 1. The van der Waals surface area contributed by atoms with Crippen LogP contribution in [0.3, 0.4) is 0 Å². The van der Waals surface area contributed by atoms with Crippen LogP contribution in [0.5, 0.6) is 0 Å². The average Bonchev–Trinajstić information content (AvgIpc) is 3.08. The number of ketones is 1. The van der Waals surface area contributed by atoms with Crippen LogP contribution in [-0.4, -0.2) is 55.1 Å². The first kappa shape index (κ1) is 22.4. The SMILES string of the molecule is CC(C)=C(Cl)N(C)CCC(=O)c1nn(CC(=O)O)c2ccc(-c3cnc(C)nc3)cc12. The zero-order chi connectivity index (χ0) is 22.7. The zero-order valence-corrected chi connectivity index (χ0v) is 18.6. The molecule has 3 aromatic rings. The first-order valence-electron chi connectivity index (χ1n) is 9.76. The number of carbonyl (C=O) groups is 2. The Bertz CT molecular complexity index is 1160. The maximum absolute atomic E-state index is 13.0. The highest BCUT2D eigenvalue weighted by molar-refractivity contribution is 6.29. The van der Waals surface area contributed by atoms with E-state index in [4.69, 9.17) is 11.6 Å². The van der Waals surface area contributed by atoms with E-state index in [0.717, 1.165) is 16.7 Å². The van der Waals surface area contributed by atoms with Gasteiger partial charge in [-0.15, -0.1) is 0 Å². The Morgan fingerprint density at radius 1 is 1.16 bits per heavy atom. The molecule has 0 atom stereocenters. The van der Waals surface area contributed by atoms with Crippen LogP contribution in [-0.2, 0) is 11.3 Å². The molecule has 1 aromatic carbocycles. The highest BCUT2D eigenvalue weighted by atomic mass is 35.5. The number of nitrogens with zero attached hydrogens (tertiary/aromatic N) is 5. The molecule has 162 valence electrons. The minimum atomic E-state index is -1.03. The van der Waals surface area contributed by atoms with E-state index in [1.165, 1.54) is 4.68 Å². The van der Waals surface area contributed by atoms with E-state index in [1.54, 1.807) is 30.3 Å². The van der Waals surface area contributed by atoms with Gasteiger partial charge in [0.1, 0.15) is 23.2 Å². The number of carboxylic acids is 1. The quantitative estimate of drug-likeness (QED) is 0.418. The highest BCUT2D eigenvalue weighted by Gasteiger charge is 2.20. The minimum absolute atomic E-state index is 0.184. The van der Waals surface area contributed by atoms with Crippen LogP contribution in [0.1, 0.15) is 36.6 Å². The summed E-state index contributed by atoms with van der Waals surface area (Å²) in [6.45, 7) is 5.69. The molecule has 9 heteroatoms. The van der Waals surface area contributed by atoms with Crippen molar-refractivity contribution in [2.75, 3.05) is 13.6 Å². The van der Waals surface area contributed by atoms with Gasteiger partial charge in [-0.25, -0.2) is 9.97 Å². The number of halogens is 1. The Labute approximate surface area is 185 Å². The number of fused-ring (bicyclic) bond motifs is 1. The molecule has 0 amide bonds. The molecule has 3 rings (SSSR count). The molecule has 0 aliphatic carbocycles. The molecule has 0 radical (unpaired) electrons. The molecule has 0 fully saturated rings. The number of hydrogen-bond donors (Lipinski definition) is 1. The molecular formula is C22H24ClN5O3. The van der Waals surface area contributed by atoms with Crippen molar-refractivity contribution in [2.24, 2.45) is 0 Å². The summed E-state index contributed by atoms with van der Waals surface area (Å²) < 4.78 is 1.34. The normalized spacial score (nSPS) is 10.9. The van der Waals surface area contributed by atoms with E-state index in [1.807, 2.05) is 33.0 Å². The second-order valence-electron chi connectivity index (χ2n) is 7.54. The van der Waals surface area contributed by atoms with E-state index in [2.05, 4.69) is 15.1 Å². The van der Waals surface area contributed by atoms with Gasteiger partial charge in [-0.05, 0) is 44.0 Å². The molecule has 0 aliphatic heterocycles. The van der Waals surface area contributed by atoms with Gasteiger partial charge in [0.2, 0.25) is 0 Å². The van der Waals surface area contributed by atoms with E-state index < -0.39 is 5.97 Å². The lowest BCUT2D eigenvalue weighted by Crippen LogP contribution is -2.20. The molecule has 0 aliphatic rings. The third-order valence-electron chi connectivity index (χ3n) is 4.84. The number of rotatable bonds is 8. The van der Waals surface area contributed by atoms with Gasteiger partial charge in [0.05, 0.1) is 5.52 Å². The number of aryl methyl sites for hydroxylation is 1. The molecule has 8 nitrogen and oxygen atoms in total. The standard InChI is InChI=1S/C22H24ClN5O3/c1-13(2)22(23)27(4)8-7-19(29)21-17-9-15(16-10-24-14(3)25-11-16)5-6-18(17)28(26-21)12-20(30)31/h5-6,9-11H,7-8,12H2,1-4H3,(H,30,31). The van der Waals surface area contributed by atoms with Crippen LogP contribution >= 0.6 is 11.6 Å². The number of aliphatic carboxylic acids is 1. The second kappa shape index (κ2) is 9.26. The van der Waals surface area contributed by atoms with Gasteiger partial charge in [0.15, 0.2) is 5.78 Å². The lowest BCUT2D eigenvalue weighted by atomic mass is 10.0. The number of hydrogen-bond acceptors (Lipinski definition) is 6. The first-order chi connectivity index (χ1) is 14.7. The summed E-state index contributed by atoms with van der Waals surface area (Å²) in [5, 5.41) is 14.8. The number of benzene rings is 1. The van der Waals surface area contributed by atoms with Gasteiger partial charge >= 0.3 is 5.97 Å². The summed E-state index contributed by atoms with van der Waals surface area (Å²) in [7, 11) is 1.82. The Kier molecular flexibility index (Phi) is 6.70. The van der Waals surface area contributed by atoms with Gasteiger partial charge in [-0.2, -0.15) is 5.10 Å². The van der Waals surface area contributed by atoms with Gasteiger partial charge < -0.3 is 10.0 Å². The summed E-state index contributed by atoms with van der Waals surface area (Å²) in [4.78, 5) is 34.5. The molecular weight excluding hydrogens is 418 g/mol. The van der Waals surface area contributed by atoms with Gasteiger partial charge in [-0.3, -0.25) is 14.3 Å². The largest absolute Gasteiger partial charge is 0.480 e. The Morgan fingerprint density at radius 3 is 2.45 bits per heavy atom. The number of aromatic nitrogens is 4. The fourth-order valence-electron chi connectivity index (χ4n) is 3.22. The topological polar surface area (TPSA) is 101 Å². The van der Waals surface area contributed by atoms with Gasteiger partial charge in [-0.1, -0.05) is 17.7 Å². The predicted octanol–water partition coefficient (Wildman–Crippen LogP) is 3.88. The smallest absolute Gasteiger partial charge is 0.325 e. The summed E-state index contributed by atoms with van der Waals surface area (Å²) in [5.41, 5.74) is 3.40. The third kappa shape index (κ3) is 5.08. The molecule has 0 unspecified atom stereocenters. The van der Waals surface area contributed by atoms with Gasteiger partial charge in [0, 0.05) is 43.4 Å². The Morgan fingerprint density at radius 2 is 1.84 bits per heavy atom. The second-order valence-corrected chi connectivity index (χ2v) is 7.89. The number of carbonyl (C=O) groups excluding carboxylic acids is 1. The average molecular weight is 442 g/mol. The fraction of sp³-hybridized carbons (Fsp3) is 0.318. The minimum Gasteiger partial charge on any atom is -0.480 e. The summed E-state index contributed by atoms with van der Waals surface area (Å²) >= 11 is 6.25. The van der Waals surface area contributed by atoms with Crippen LogP contribution in [0.15, 0.2) is 41.3 Å². The van der Waals surface area contributed by atoms with Crippen molar-refractivity contribution in [3.63, 3.8) is 0 Å². The lowest BCUT2D eigenvalue weighted by molar-refractivity contribution is -0.137. The maximum Gasteiger partial charge on any atom is 0.325 e. The highest BCUT2D eigenvalue weighted by Crippen LogP contribution is 2.27. The van der Waals surface area contributed by atoms with Crippen molar-refractivity contribution in [1.82, 2.24) is 24.6 Å². The zero-order valence-electron chi connectivity index (χ0n) is 17.9. The molecule has 0 bridgehead atoms. The maximum atomic E-state index is 13.0.